The molecular weight excluding hydrogens is 204 g/mol. The molecule has 1 fully saturated rings. The van der Waals surface area contributed by atoms with Gasteiger partial charge in [0, 0.05) is 32.3 Å². The summed E-state index contributed by atoms with van der Waals surface area (Å²) in [5.74, 6) is 0.0145. The molecular formula is C11H18N4O. The van der Waals surface area contributed by atoms with E-state index in [2.05, 4.69) is 20.2 Å². The van der Waals surface area contributed by atoms with Gasteiger partial charge in [0.25, 0.3) is 0 Å². The normalized spacial score (nSPS) is 19.9. The number of carbonyl (C=O) groups is 1. The lowest BCUT2D eigenvalue weighted by atomic mass is 10.2. The van der Waals surface area contributed by atoms with Gasteiger partial charge in [-0.15, -0.1) is 0 Å². The second-order valence-electron chi connectivity index (χ2n) is 4.14. The number of imidazole rings is 1. The van der Waals surface area contributed by atoms with Crippen LogP contribution in [0.3, 0.4) is 0 Å². The molecule has 1 amide bonds. The second kappa shape index (κ2) is 5.12. The van der Waals surface area contributed by atoms with Crippen molar-refractivity contribution in [3.63, 3.8) is 0 Å². The van der Waals surface area contributed by atoms with Crippen molar-refractivity contribution in [3.8, 4) is 0 Å². The number of hydrogen-bond acceptors (Lipinski definition) is 3. The van der Waals surface area contributed by atoms with Crippen LogP contribution in [0.2, 0.25) is 0 Å². The summed E-state index contributed by atoms with van der Waals surface area (Å²) >= 11 is 0. The number of amides is 1. The van der Waals surface area contributed by atoms with Crippen molar-refractivity contribution < 1.29 is 4.79 Å². The third-order valence-electron chi connectivity index (χ3n) is 2.89. The Morgan fingerprint density at radius 3 is 3.31 bits per heavy atom. The monoisotopic (exact) mass is 222 g/mol. The Balaban J connectivity index is 1.93. The van der Waals surface area contributed by atoms with Gasteiger partial charge in [-0.25, -0.2) is 4.98 Å². The van der Waals surface area contributed by atoms with Gasteiger partial charge in [-0.3, -0.25) is 4.79 Å². The summed E-state index contributed by atoms with van der Waals surface area (Å²) in [6.45, 7) is 4.06. The molecule has 0 aliphatic carbocycles. The third kappa shape index (κ3) is 2.61. The van der Waals surface area contributed by atoms with Gasteiger partial charge >= 0.3 is 0 Å². The third-order valence-corrected chi connectivity index (χ3v) is 2.89. The molecule has 1 atom stereocenters. The molecule has 1 aromatic rings. The maximum Gasteiger partial charge on any atom is 0.216 e. The minimum absolute atomic E-state index is 0.0145. The van der Waals surface area contributed by atoms with Gasteiger partial charge in [0.05, 0.1) is 12.0 Å². The number of aromatic nitrogens is 2. The highest BCUT2D eigenvalue weighted by Gasteiger charge is 2.19. The Hall–Kier alpha value is -1.36. The smallest absolute Gasteiger partial charge is 0.216 e. The first kappa shape index (κ1) is 11.1. The molecule has 1 aliphatic heterocycles. The molecule has 0 saturated carbocycles. The van der Waals surface area contributed by atoms with Crippen molar-refractivity contribution >= 4 is 5.91 Å². The molecule has 0 unspecified atom stereocenters. The van der Waals surface area contributed by atoms with Gasteiger partial charge < -0.3 is 15.2 Å². The first-order valence-corrected chi connectivity index (χ1v) is 5.75. The lowest BCUT2D eigenvalue weighted by molar-refractivity contribution is -0.118. The number of nitrogens with one attached hydrogen (secondary N) is 2. The van der Waals surface area contributed by atoms with Crippen molar-refractivity contribution in [2.45, 2.75) is 32.4 Å². The van der Waals surface area contributed by atoms with E-state index in [0.29, 0.717) is 12.6 Å². The molecule has 2 N–H and O–H groups in total. The highest BCUT2D eigenvalue weighted by molar-refractivity contribution is 5.72. The van der Waals surface area contributed by atoms with Gasteiger partial charge in [0.1, 0.15) is 0 Å². The van der Waals surface area contributed by atoms with Crippen molar-refractivity contribution in [2.24, 2.45) is 0 Å². The summed E-state index contributed by atoms with van der Waals surface area (Å²) < 4.78 is 2.11. The Kier molecular flexibility index (Phi) is 3.56. The zero-order valence-electron chi connectivity index (χ0n) is 9.57. The van der Waals surface area contributed by atoms with E-state index in [4.69, 9.17) is 0 Å². The molecule has 0 radical (unpaired) electrons. The van der Waals surface area contributed by atoms with E-state index >= 15 is 0 Å². The van der Waals surface area contributed by atoms with Gasteiger partial charge in [-0.2, -0.15) is 0 Å². The van der Waals surface area contributed by atoms with Crippen LogP contribution in [-0.4, -0.2) is 28.5 Å². The van der Waals surface area contributed by atoms with Crippen LogP contribution in [0.25, 0.3) is 0 Å². The molecule has 1 saturated heterocycles. The summed E-state index contributed by atoms with van der Waals surface area (Å²) in [6, 6.07) is 0.430. The number of carbonyl (C=O) groups excluding carboxylic acids is 1. The average Bonchev–Trinajstić information content (AvgIpc) is 2.84. The van der Waals surface area contributed by atoms with Gasteiger partial charge in [-0.05, 0) is 19.4 Å². The van der Waals surface area contributed by atoms with Crippen molar-refractivity contribution in [1.82, 2.24) is 20.2 Å². The quantitative estimate of drug-likeness (QED) is 0.777. The van der Waals surface area contributed by atoms with Crippen LogP contribution >= 0.6 is 0 Å². The lowest BCUT2D eigenvalue weighted by Gasteiger charge is -2.13. The van der Waals surface area contributed by atoms with E-state index in [0.717, 1.165) is 13.1 Å². The van der Waals surface area contributed by atoms with Gasteiger partial charge in [0.2, 0.25) is 5.91 Å². The van der Waals surface area contributed by atoms with Crippen molar-refractivity contribution in [2.75, 3.05) is 13.1 Å². The van der Waals surface area contributed by atoms with Crippen LogP contribution in [0.1, 0.15) is 31.5 Å². The first-order valence-electron chi connectivity index (χ1n) is 5.75. The molecule has 0 spiro atoms. The number of rotatable bonds is 4. The lowest BCUT2D eigenvalue weighted by Crippen LogP contribution is -2.26. The minimum Gasteiger partial charge on any atom is -0.355 e. The standard InChI is InChI=1S/C11H18N4O/c1-9(16)13-5-6-15-8-12-7-11(15)10-3-2-4-14-10/h7-8,10,14H,2-6H2,1H3,(H,13,16)/t10-/m0/s1. The summed E-state index contributed by atoms with van der Waals surface area (Å²) in [6.07, 6.45) is 6.14. The number of hydrogen-bond donors (Lipinski definition) is 2. The molecule has 2 heterocycles. The fourth-order valence-electron chi connectivity index (χ4n) is 2.10. The zero-order valence-corrected chi connectivity index (χ0v) is 9.57. The van der Waals surface area contributed by atoms with E-state index in [1.54, 1.807) is 0 Å². The SMILES string of the molecule is CC(=O)NCCn1cncc1[C@@H]1CCCN1. The number of nitrogens with zero attached hydrogens (tertiary/aromatic N) is 2. The van der Waals surface area contributed by atoms with Crippen LogP contribution in [-0.2, 0) is 11.3 Å². The average molecular weight is 222 g/mol. The van der Waals surface area contributed by atoms with Crippen LogP contribution in [0, 0.1) is 0 Å². The summed E-state index contributed by atoms with van der Waals surface area (Å²) in [4.78, 5) is 14.9. The molecule has 0 aromatic carbocycles. The van der Waals surface area contributed by atoms with E-state index in [1.807, 2.05) is 12.5 Å². The van der Waals surface area contributed by atoms with Crippen molar-refractivity contribution in [1.29, 1.82) is 0 Å². The highest BCUT2D eigenvalue weighted by atomic mass is 16.1. The fraction of sp³-hybridized carbons (Fsp3) is 0.636. The predicted molar refractivity (Wildman–Crippen MR) is 60.9 cm³/mol. The van der Waals surface area contributed by atoms with Crippen LogP contribution in [0.15, 0.2) is 12.5 Å². The van der Waals surface area contributed by atoms with Gasteiger partial charge in [-0.1, -0.05) is 0 Å². The van der Waals surface area contributed by atoms with E-state index in [1.165, 1.54) is 25.5 Å². The summed E-state index contributed by atoms with van der Waals surface area (Å²) in [5, 5.41) is 6.24. The van der Waals surface area contributed by atoms with Crippen LogP contribution in [0.5, 0.6) is 0 Å². The van der Waals surface area contributed by atoms with Crippen molar-refractivity contribution in [3.05, 3.63) is 18.2 Å². The van der Waals surface area contributed by atoms with Crippen LogP contribution in [0.4, 0.5) is 0 Å². The molecule has 5 heteroatoms. The maximum atomic E-state index is 10.8. The zero-order chi connectivity index (χ0) is 11.4. The predicted octanol–water partition coefficient (Wildman–Crippen LogP) is 0.444. The minimum atomic E-state index is 0.0145. The first-order chi connectivity index (χ1) is 7.77. The molecule has 1 aliphatic rings. The van der Waals surface area contributed by atoms with E-state index in [-0.39, 0.29) is 5.91 Å². The molecule has 88 valence electrons. The topological polar surface area (TPSA) is 59.0 Å². The Bertz CT molecular complexity index is 355. The van der Waals surface area contributed by atoms with E-state index in [9.17, 15) is 4.79 Å². The molecule has 16 heavy (non-hydrogen) atoms. The second-order valence-corrected chi connectivity index (χ2v) is 4.14. The largest absolute Gasteiger partial charge is 0.355 e. The maximum absolute atomic E-state index is 10.8. The summed E-state index contributed by atoms with van der Waals surface area (Å²) in [5.41, 5.74) is 1.22. The van der Waals surface area contributed by atoms with E-state index < -0.39 is 0 Å². The Morgan fingerprint density at radius 2 is 2.62 bits per heavy atom. The highest BCUT2D eigenvalue weighted by Crippen LogP contribution is 2.22. The fourth-order valence-corrected chi connectivity index (χ4v) is 2.10. The summed E-state index contributed by atoms with van der Waals surface area (Å²) in [7, 11) is 0. The molecule has 0 bridgehead atoms. The Morgan fingerprint density at radius 1 is 1.75 bits per heavy atom. The Labute approximate surface area is 95.2 Å². The molecule has 2 rings (SSSR count). The molecule has 5 nitrogen and oxygen atoms in total. The van der Waals surface area contributed by atoms with Gasteiger partial charge in [0.15, 0.2) is 0 Å². The van der Waals surface area contributed by atoms with Crippen LogP contribution < -0.4 is 10.6 Å². The molecule has 1 aromatic heterocycles.